The molecule has 1 atom stereocenters. The van der Waals surface area contributed by atoms with Gasteiger partial charge in [-0.3, -0.25) is 4.79 Å². The Balaban J connectivity index is 1.99. The first-order chi connectivity index (χ1) is 10.5. The van der Waals surface area contributed by atoms with Gasteiger partial charge < -0.3 is 14.6 Å². The molecule has 1 amide bonds. The number of amides is 1. The van der Waals surface area contributed by atoms with Gasteiger partial charge in [-0.15, -0.1) is 0 Å². The monoisotopic (exact) mass is 300 g/mol. The molecule has 0 aliphatic carbocycles. The molecule has 1 aliphatic rings. The van der Waals surface area contributed by atoms with Crippen LogP contribution >= 0.6 is 0 Å². The summed E-state index contributed by atoms with van der Waals surface area (Å²) in [5.74, 6) is 0.525. The van der Waals surface area contributed by atoms with E-state index in [0.29, 0.717) is 11.8 Å². The number of likely N-dealkylation sites (tertiary alicyclic amines) is 1. The second kappa shape index (κ2) is 5.76. The highest BCUT2D eigenvalue weighted by Gasteiger charge is 2.28. The van der Waals surface area contributed by atoms with Crippen molar-refractivity contribution in [3.8, 4) is 0 Å². The molecule has 3 rings (SSSR count). The highest BCUT2D eigenvalue weighted by molar-refractivity contribution is 6.00. The van der Waals surface area contributed by atoms with E-state index in [1.807, 2.05) is 31.9 Å². The maximum atomic E-state index is 12.9. The van der Waals surface area contributed by atoms with E-state index in [2.05, 4.69) is 18.3 Å². The Kier molecular flexibility index (Phi) is 3.96. The van der Waals surface area contributed by atoms with E-state index in [1.165, 1.54) is 0 Å². The van der Waals surface area contributed by atoms with E-state index >= 15 is 0 Å². The maximum absolute atomic E-state index is 12.9. The van der Waals surface area contributed by atoms with E-state index in [1.54, 1.807) is 0 Å². The minimum absolute atomic E-state index is 0.0208. The summed E-state index contributed by atoms with van der Waals surface area (Å²) in [7, 11) is 1.96. The Morgan fingerprint density at radius 3 is 2.68 bits per heavy atom. The van der Waals surface area contributed by atoms with Gasteiger partial charge in [0.1, 0.15) is 5.58 Å². The first kappa shape index (κ1) is 15.1. The third-order valence-electron chi connectivity index (χ3n) is 4.79. The summed E-state index contributed by atoms with van der Waals surface area (Å²) in [4.78, 5) is 14.8. The van der Waals surface area contributed by atoms with Gasteiger partial charge in [0.2, 0.25) is 0 Å². The van der Waals surface area contributed by atoms with Gasteiger partial charge in [0.25, 0.3) is 5.91 Å². The lowest BCUT2D eigenvalue weighted by Gasteiger charge is -2.32. The normalized spacial score (nSPS) is 18.9. The van der Waals surface area contributed by atoms with Gasteiger partial charge in [0, 0.05) is 30.1 Å². The van der Waals surface area contributed by atoms with Crippen molar-refractivity contribution in [2.24, 2.45) is 0 Å². The molecule has 2 heterocycles. The van der Waals surface area contributed by atoms with Crippen molar-refractivity contribution in [2.75, 3.05) is 20.1 Å². The molecule has 1 aromatic heterocycles. The molecule has 1 aromatic carbocycles. The van der Waals surface area contributed by atoms with Crippen molar-refractivity contribution >= 4 is 16.9 Å². The summed E-state index contributed by atoms with van der Waals surface area (Å²) >= 11 is 0. The van der Waals surface area contributed by atoms with Crippen molar-refractivity contribution in [2.45, 2.75) is 39.7 Å². The molecule has 1 unspecified atom stereocenters. The summed E-state index contributed by atoms with van der Waals surface area (Å²) in [5.41, 5.74) is 4.05. The van der Waals surface area contributed by atoms with Crippen LogP contribution in [0, 0.1) is 20.8 Å². The van der Waals surface area contributed by atoms with E-state index in [-0.39, 0.29) is 5.91 Å². The highest BCUT2D eigenvalue weighted by Crippen LogP contribution is 2.31. The van der Waals surface area contributed by atoms with Crippen LogP contribution in [-0.2, 0) is 0 Å². The van der Waals surface area contributed by atoms with Crippen molar-refractivity contribution in [1.29, 1.82) is 0 Å². The van der Waals surface area contributed by atoms with Gasteiger partial charge in [-0.2, -0.15) is 0 Å². The highest BCUT2D eigenvalue weighted by atomic mass is 16.3. The Bertz CT molecular complexity index is 717. The number of piperidine rings is 1. The standard InChI is InChI=1S/C18H24N2O2/c1-11-7-8-12(2)16-15(11)13(3)17(22-16)18(21)20-9-5-6-14(10-20)19-4/h7-8,14,19H,5-6,9-10H2,1-4H3. The number of likely N-dealkylation sites (N-methyl/N-ethyl adjacent to an activating group) is 1. The van der Waals surface area contributed by atoms with Crippen molar-refractivity contribution < 1.29 is 9.21 Å². The molecule has 0 radical (unpaired) electrons. The van der Waals surface area contributed by atoms with Gasteiger partial charge in [0.15, 0.2) is 5.76 Å². The molecule has 22 heavy (non-hydrogen) atoms. The number of nitrogens with zero attached hydrogens (tertiary/aromatic N) is 1. The first-order valence-electron chi connectivity index (χ1n) is 7.98. The predicted molar refractivity (Wildman–Crippen MR) is 88.4 cm³/mol. The number of hydrogen-bond donors (Lipinski definition) is 1. The molecule has 4 heteroatoms. The summed E-state index contributed by atoms with van der Waals surface area (Å²) in [6.45, 7) is 7.65. The van der Waals surface area contributed by atoms with Crippen molar-refractivity contribution in [3.05, 3.63) is 34.6 Å². The SMILES string of the molecule is CNC1CCCN(C(=O)c2oc3c(C)ccc(C)c3c2C)C1. The van der Waals surface area contributed by atoms with Crippen LogP contribution in [0.1, 0.15) is 40.1 Å². The largest absolute Gasteiger partial charge is 0.450 e. The van der Waals surface area contributed by atoms with Crippen LogP contribution in [0.15, 0.2) is 16.5 Å². The molecule has 1 aliphatic heterocycles. The van der Waals surface area contributed by atoms with E-state index in [4.69, 9.17) is 4.42 Å². The molecule has 4 nitrogen and oxygen atoms in total. The summed E-state index contributed by atoms with van der Waals surface area (Å²) < 4.78 is 5.98. The summed E-state index contributed by atoms with van der Waals surface area (Å²) in [6, 6.07) is 4.52. The summed E-state index contributed by atoms with van der Waals surface area (Å²) in [5, 5.41) is 4.36. The molecule has 0 bridgehead atoms. The quantitative estimate of drug-likeness (QED) is 0.926. The number of nitrogens with one attached hydrogen (secondary N) is 1. The van der Waals surface area contributed by atoms with Crippen molar-refractivity contribution in [1.82, 2.24) is 10.2 Å². The van der Waals surface area contributed by atoms with Gasteiger partial charge in [0.05, 0.1) is 0 Å². The Morgan fingerprint density at radius 2 is 2.00 bits per heavy atom. The number of aryl methyl sites for hydroxylation is 3. The molecule has 1 N–H and O–H groups in total. The average molecular weight is 300 g/mol. The van der Waals surface area contributed by atoms with Gasteiger partial charge in [-0.05, 0) is 51.8 Å². The summed E-state index contributed by atoms with van der Waals surface area (Å²) in [6.07, 6.45) is 2.16. The fourth-order valence-corrected chi connectivity index (χ4v) is 3.42. The lowest BCUT2D eigenvalue weighted by Crippen LogP contribution is -2.47. The lowest BCUT2D eigenvalue weighted by atomic mass is 10.0. The van der Waals surface area contributed by atoms with Crippen LogP contribution in [0.4, 0.5) is 0 Å². The van der Waals surface area contributed by atoms with Gasteiger partial charge >= 0.3 is 0 Å². The van der Waals surface area contributed by atoms with Crippen LogP contribution < -0.4 is 5.32 Å². The second-order valence-electron chi connectivity index (χ2n) is 6.34. The number of benzene rings is 1. The number of fused-ring (bicyclic) bond motifs is 1. The zero-order valence-corrected chi connectivity index (χ0v) is 13.8. The number of carbonyl (C=O) groups excluding carboxylic acids is 1. The molecular formula is C18H24N2O2. The Morgan fingerprint density at radius 1 is 1.27 bits per heavy atom. The smallest absolute Gasteiger partial charge is 0.289 e. The zero-order valence-electron chi connectivity index (χ0n) is 13.8. The van der Waals surface area contributed by atoms with Crippen LogP contribution in [0.25, 0.3) is 11.0 Å². The van der Waals surface area contributed by atoms with Crippen LogP contribution in [-0.4, -0.2) is 37.0 Å². The average Bonchev–Trinajstić information content (AvgIpc) is 2.89. The van der Waals surface area contributed by atoms with E-state index < -0.39 is 0 Å². The molecule has 0 spiro atoms. The second-order valence-corrected chi connectivity index (χ2v) is 6.34. The van der Waals surface area contributed by atoms with Crippen LogP contribution in [0.5, 0.6) is 0 Å². The van der Waals surface area contributed by atoms with Crippen LogP contribution in [0.2, 0.25) is 0 Å². The van der Waals surface area contributed by atoms with Gasteiger partial charge in [-0.1, -0.05) is 12.1 Å². The van der Waals surface area contributed by atoms with Crippen molar-refractivity contribution in [3.63, 3.8) is 0 Å². The van der Waals surface area contributed by atoms with E-state index in [0.717, 1.165) is 53.6 Å². The number of rotatable bonds is 2. The fourth-order valence-electron chi connectivity index (χ4n) is 3.42. The third kappa shape index (κ3) is 2.41. The number of furan rings is 1. The molecule has 1 fully saturated rings. The number of hydrogen-bond acceptors (Lipinski definition) is 3. The molecular weight excluding hydrogens is 276 g/mol. The molecule has 118 valence electrons. The maximum Gasteiger partial charge on any atom is 0.289 e. The third-order valence-corrected chi connectivity index (χ3v) is 4.79. The Hall–Kier alpha value is -1.81. The van der Waals surface area contributed by atoms with Gasteiger partial charge in [-0.25, -0.2) is 0 Å². The van der Waals surface area contributed by atoms with Crippen LogP contribution in [0.3, 0.4) is 0 Å². The Labute approximate surface area is 131 Å². The lowest BCUT2D eigenvalue weighted by molar-refractivity contribution is 0.0667. The zero-order chi connectivity index (χ0) is 15.9. The minimum Gasteiger partial charge on any atom is -0.450 e. The molecule has 1 saturated heterocycles. The predicted octanol–water partition coefficient (Wildman–Crippen LogP) is 3.18. The fraction of sp³-hybridized carbons (Fsp3) is 0.500. The minimum atomic E-state index is 0.0208. The topological polar surface area (TPSA) is 45.5 Å². The number of carbonyl (C=O) groups is 1. The molecule has 0 saturated carbocycles. The van der Waals surface area contributed by atoms with E-state index in [9.17, 15) is 4.79 Å². The first-order valence-corrected chi connectivity index (χ1v) is 7.98. The molecule has 2 aromatic rings.